The molecule has 166 valence electrons. The molecule has 1 heterocycles. The topological polar surface area (TPSA) is 78.5 Å². The van der Waals surface area contributed by atoms with Gasteiger partial charge in [-0.3, -0.25) is 14.5 Å². The van der Waals surface area contributed by atoms with E-state index in [-0.39, 0.29) is 24.4 Å². The van der Waals surface area contributed by atoms with E-state index >= 15 is 0 Å². The second-order valence-corrected chi connectivity index (χ2v) is 9.29. The van der Waals surface area contributed by atoms with Gasteiger partial charge in [0.1, 0.15) is 12.1 Å². The quantitative estimate of drug-likeness (QED) is 0.689. The summed E-state index contributed by atoms with van der Waals surface area (Å²) in [5.74, 6) is -0.164. The fourth-order valence-corrected chi connectivity index (χ4v) is 5.69. The van der Waals surface area contributed by atoms with Gasteiger partial charge in [-0.05, 0) is 54.7 Å². The normalized spacial score (nSPS) is 23.4. The summed E-state index contributed by atoms with van der Waals surface area (Å²) in [6.45, 7) is -0.243. The molecule has 0 aromatic heterocycles. The number of carbonyl (C=O) groups is 3. The van der Waals surface area contributed by atoms with Crippen LogP contribution < -0.4 is 10.6 Å². The van der Waals surface area contributed by atoms with E-state index in [0.29, 0.717) is 12.3 Å². The molecule has 2 fully saturated rings. The Bertz CT molecular complexity index is 1030. The largest absolute Gasteiger partial charge is 0.351 e. The van der Waals surface area contributed by atoms with Gasteiger partial charge in [0, 0.05) is 6.04 Å². The molecule has 6 nitrogen and oxygen atoms in total. The van der Waals surface area contributed by atoms with Crippen LogP contribution in [-0.2, 0) is 28.0 Å². The number of fused-ring (bicyclic) bond motifs is 2. The molecule has 2 atom stereocenters. The molecule has 1 spiro atoms. The van der Waals surface area contributed by atoms with E-state index in [1.54, 1.807) is 0 Å². The number of nitrogens with one attached hydrogen (secondary N) is 2. The molecule has 1 aliphatic heterocycles. The number of nitrogens with zero attached hydrogens (tertiary/aromatic N) is 1. The maximum Gasteiger partial charge on any atom is 0.325 e. The van der Waals surface area contributed by atoms with Gasteiger partial charge in [0.25, 0.3) is 5.91 Å². The van der Waals surface area contributed by atoms with Crippen LogP contribution in [0.2, 0.25) is 0 Å². The summed E-state index contributed by atoms with van der Waals surface area (Å²) in [6.07, 6.45) is 6.59. The number of benzene rings is 2. The molecule has 5 rings (SSSR count). The molecule has 3 aliphatic rings. The summed E-state index contributed by atoms with van der Waals surface area (Å²) < 4.78 is 0. The Morgan fingerprint density at radius 3 is 2.56 bits per heavy atom. The lowest BCUT2D eigenvalue weighted by atomic mass is 9.91. The molecular weight excluding hydrogens is 402 g/mol. The molecule has 4 amide bonds. The zero-order valence-electron chi connectivity index (χ0n) is 18.2. The highest BCUT2D eigenvalue weighted by atomic mass is 16.2. The zero-order valence-corrected chi connectivity index (χ0v) is 18.2. The Balaban J connectivity index is 1.29. The van der Waals surface area contributed by atoms with Gasteiger partial charge in [-0.2, -0.15) is 0 Å². The van der Waals surface area contributed by atoms with Crippen molar-refractivity contribution >= 4 is 17.8 Å². The number of imide groups is 1. The summed E-state index contributed by atoms with van der Waals surface area (Å²) in [7, 11) is 0. The molecule has 2 N–H and O–H groups in total. The van der Waals surface area contributed by atoms with E-state index in [4.69, 9.17) is 0 Å². The molecule has 0 radical (unpaired) electrons. The average Bonchev–Trinajstić information content (AvgIpc) is 3.51. The van der Waals surface area contributed by atoms with Crippen LogP contribution in [-0.4, -0.2) is 35.3 Å². The smallest absolute Gasteiger partial charge is 0.325 e. The number of aryl methyl sites for hydroxylation is 1. The summed E-state index contributed by atoms with van der Waals surface area (Å²) in [4.78, 5) is 40.2. The minimum Gasteiger partial charge on any atom is -0.351 e. The number of rotatable bonds is 6. The Labute approximate surface area is 188 Å². The maximum atomic E-state index is 13.3. The highest BCUT2D eigenvalue weighted by molar-refractivity contribution is 6.09. The average molecular weight is 432 g/mol. The Kier molecular flexibility index (Phi) is 5.45. The van der Waals surface area contributed by atoms with Gasteiger partial charge in [-0.25, -0.2) is 4.79 Å². The van der Waals surface area contributed by atoms with Crippen molar-refractivity contribution in [3.63, 3.8) is 0 Å². The number of carbonyl (C=O) groups excluding carboxylic acids is 3. The van der Waals surface area contributed by atoms with Gasteiger partial charge in [0.05, 0.1) is 0 Å². The standard InChI is InChI=1S/C26H29N3O3/c30-23(27-22(20-11-4-5-12-20)16-18-8-2-1-3-9-18)17-29-24(31)26(28-25(29)32)15-14-19-10-6-7-13-21(19)26/h1-3,6-10,13,20,22H,4-5,11-12,14-17H2,(H,27,30)(H,28,32). The lowest BCUT2D eigenvalue weighted by molar-refractivity contribution is -0.135. The first kappa shape index (κ1) is 20.7. The first-order valence-corrected chi connectivity index (χ1v) is 11.6. The third-order valence-corrected chi connectivity index (χ3v) is 7.34. The molecule has 0 bridgehead atoms. The van der Waals surface area contributed by atoms with Crippen molar-refractivity contribution < 1.29 is 14.4 Å². The molecule has 2 aromatic rings. The first-order valence-electron chi connectivity index (χ1n) is 11.6. The SMILES string of the molecule is O=C(CN1C(=O)NC2(CCc3ccccc32)C1=O)NC(Cc1ccccc1)C1CCCC1. The summed E-state index contributed by atoms with van der Waals surface area (Å²) in [5.41, 5.74) is 2.09. The zero-order chi connectivity index (χ0) is 22.1. The highest BCUT2D eigenvalue weighted by Gasteiger charge is 2.55. The highest BCUT2D eigenvalue weighted by Crippen LogP contribution is 2.41. The van der Waals surface area contributed by atoms with Crippen LogP contribution >= 0.6 is 0 Å². The van der Waals surface area contributed by atoms with Crippen molar-refractivity contribution in [2.75, 3.05) is 6.54 Å². The number of amides is 4. The molecular formula is C26H29N3O3. The fraction of sp³-hybridized carbons (Fsp3) is 0.423. The van der Waals surface area contributed by atoms with Crippen LogP contribution in [0.4, 0.5) is 4.79 Å². The van der Waals surface area contributed by atoms with Gasteiger partial charge < -0.3 is 10.6 Å². The molecule has 2 unspecified atom stereocenters. The van der Waals surface area contributed by atoms with Crippen LogP contribution in [0.1, 0.15) is 48.8 Å². The summed E-state index contributed by atoms with van der Waals surface area (Å²) in [6, 6.07) is 17.4. The molecule has 6 heteroatoms. The molecule has 2 aliphatic carbocycles. The minimum atomic E-state index is -1.02. The van der Waals surface area contributed by atoms with Crippen LogP contribution in [0, 0.1) is 5.92 Å². The predicted octanol–water partition coefficient (Wildman–Crippen LogP) is 3.30. The third kappa shape index (κ3) is 3.68. The fourth-order valence-electron chi connectivity index (χ4n) is 5.69. The number of hydrogen-bond acceptors (Lipinski definition) is 3. The van der Waals surface area contributed by atoms with Gasteiger partial charge in [0.2, 0.25) is 5.91 Å². The second kappa shape index (κ2) is 8.41. The van der Waals surface area contributed by atoms with Crippen molar-refractivity contribution in [2.45, 2.75) is 56.5 Å². The van der Waals surface area contributed by atoms with Gasteiger partial charge in [0.15, 0.2) is 0 Å². The van der Waals surface area contributed by atoms with Gasteiger partial charge >= 0.3 is 6.03 Å². The van der Waals surface area contributed by atoms with Crippen molar-refractivity contribution in [3.8, 4) is 0 Å². The Hall–Kier alpha value is -3.15. The van der Waals surface area contributed by atoms with E-state index in [1.165, 1.54) is 18.4 Å². The van der Waals surface area contributed by atoms with Crippen LogP contribution in [0.15, 0.2) is 54.6 Å². The molecule has 1 saturated heterocycles. The van der Waals surface area contributed by atoms with Gasteiger partial charge in [-0.1, -0.05) is 67.4 Å². The lowest BCUT2D eigenvalue weighted by Crippen LogP contribution is -2.48. The van der Waals surface area contributed by atoms with Crippen LogP contribution in [0.5, 0.6) is 0 Å². The minimum absolute atomic E-state index is 0.00864. The van der Waals surface area contributed by atoms with E-state index in [9.17, 15) is 14.4 Å². The monoisotopic (exact) mass is 431 g/mol. The second-order valence-electron chi connectivity index (χ2n) is 9.29. The predicted molar refractivity (Wildman–Crippen MR) is 121 cm³/mol. The Morgan fingerprint density at radius 2 is 1.78 bits per heavy atom. The third-order valence-electron chi connectivity index (χ3n) is 7.34. The van der Waals surface area contributed by atoms with E-state index in [2.05, 4.69) is 22.8 Å². The maximum absolute atomic E-state index is 13.3. The van der Waals surface area contributed by atoms with E-state index in [1.807, 2.05) is 42.5 Å². The molecule has 32 heavy (non-hydrogen) atoms. The van der Waals surface area contributed by atoms with Crippen molar-refractivity contribution in [3.05, 3.63) is 71.3 Å². The van der Waals surface area contributed by atoms with Crippen molar-refractivity contribution in [1.82, 2.24) is 15.5 Å². The van der Waals surface area contributed by atoms with Crippen LogP contribution in [0.3, 0.4) is 0 Å². The van der Waals surface area contributed by atoms with Crippen LogP contribution in [0.25, 0.3) is 0 Å². The molecule has 2 aromatic carbocycles. The summed E-state index contributed by atoms with van der Waals surface area (Å²) >= 11 is 0. The number of urea groups is 1. The van der Waals surface area contributed by atoms with E-state index < -0.39 is 11.6 Å². The molecule has 1 saturated carbocycles. The van der Waals surface area contributed by atoms with Crippen molar-refractivity contribution in [1.29, 1.82) is 0 Å². The van der Waals surface area contributed by atoms with E-state index in [0.717, 1.165) is 41.7 Å². The first-order chi connectivity index (χ1) is 15.6. The van der Waals surface area contributed by atoms with Crippen molar-refractivity contribution in [2.24, 2.45) is 5.92 Å². The summed E-state index contributed by atoms with van der Waals surface area (Å²) in [5, 5.41) is 6.06. The Morgan fingerprint density at radius 1 is 1.06 bits per heavy atom. The van der Waals surface area contributed by atoms with Gasteiger partial charge in [-0.15, -0.1) is 0 Å². The lowest BCUT2D eigenvalue weighted by Gasteiger charge is -2.26. The number of hydrogen-bond donors (Lipinski definition) is 2.